The van der Waals surface area contributed by atoms with E-state index in [-0.39, 0.29) is 5.91 Å². The van der Waals surface area contributed by atoms with Crippen LogP contribution in [-0.4, -0.2) is 64.6 Å². The lowest BCUT2D eigenvalue weighted by molar-refractivity contribution is -0.130. The molecule has 1 aromatic carbocycles. The molecule has 3 heterocycles. The Morgan fingerprint density at radius 1 is 1.12 bits per heavy atom. The Kier molecular flexibility index (Phi) is 4.09. The lowest BCUT2D eigenvalue weighted by atomic mass is 9.93. The van der Waals surface area contributed by atoms with Crippen LogP contribution >= 0.6 is 0 Å². The van der Waals surface area contributed by atoms with Crippen LogP contribution in [0.3, 0.4) is 0 Å². The van der Waals surface area contributed by atoms with E-state index in [2.05, 4.69) is 20.2 Å². The van der Waals surface area contributed by atoms with E-state index >= 15 is 0 Å². The summed E-state index contributed by atoms with van der Waals surface area (Å²) in [5, 5.41) is 12.3. The second-order valence-corrected chi connectivity index (χ2v) is 6.11. The van der Waals surface area contributed by atoms with Crippen molar-refractivity contribution in [3.05, 3.63) is 48.3 Å². The fraction of sp³-hybridized carbons (Fsp3) is 0.294. The van der Waals surface area contributed by atoms with E-state index in [4.69, 9.17) is 7.85 Å². The SMILES string of the molecule is [B]c1cccc(CC(=O)N2CCN(c3ccc4nncn4n3)CC2)c1. The van der Waals surface area contributed by atoms with Crippen molar-refractivity contribution in [3.8, 4) is 0 Å². The largest absolute Gasteiger partial charge is 0.352 e. The van der Waals surface area contributed by atoms with Crippen molar-refractivity contribution in [1.82, 2.24) is 24.7 Å². The molecular formula is C17H17BN6O. The van der Waals surface area contributed by atoms with Gasteiger partial charge in [0, 0.05) is 26.2 Å². The number of carbonyl (C=O) groups excluding carboxylic acids is 1. The number of aromatic nitrogens is 4. The topological polar surface area (TPSA) is 66.6 Å². The molecule has 7 nitrogen and oxygen atoms in total. The summed E-state index contributed by atoms with van der Waals surface area (Å²) in [4.78, 5) is 16.6. The molecule has 124 valence electrons. The highest BCUT2D eigenvalue weighted by atomic mass is 16.2. The molecule has 0 bridgehead atoms. The molecule has 0 atom stereocenters. The number of benzene rings is 1. The van der Waals surface area contributed by atoms with Crippen molar-refractivity contribution < 1.29 is 4.79 Å². The normalized spacial score (nSPS) is 14.9. The second-order valence-electron chi connectivity index (χ2n) is 6.11. The Morgan fingerprint density at radius 3 is 2.76 bits per heavy atom. The smallest absolute Gasteiger partial charge is 0.227 e. The van der Waals surface area contributed by atoms with Crippen LogP contribution in [0.15, 0.2) is 42.7 Å². The van der Waals surface area contributed by atoms with Gasteiger partial charge < -0.3 is 9.80 Å². The van der Waals surface area contributed by atoms with E-state index in [0.717, 1.165) is 30.1 Å². The first-order valence-corrected chi connectivity index (χ1v) is 8.23. The third-order valence-electron chi connectivity index (χ3n) is 4.41. The van der Waals surface area contributed by atoms with Gasteiger partial charge >= 0.3 is 0 Å². The molecule has 1 amide bonds. The lowest BCUT2D eigenvalue weighted by Gasteiger charge is -2.35. The summed E-state index contributed by atoms with van der Waals surface area (Å²) in [6, 6.07) is 11.3. The van der Waals surface area contributed by atoms with Crippen LogP contribution in [0, 0.1) is 0 Å². The van der Waals surface area contributed by atoms with Crippen molar-refractivity contribution in [1.29, 1.82) is 0 Å². The maximum absolute atomic E-state index is 12.5. The zero-order valence-electron chi connectivity index (χ0n) is 13.7. The Balaban J connectivity index is 1.38. The highest BCUT2D eigenvalue weighted by molar-refractivity contribution is 6.32. The van der Waals surface area contributed by atoms with Gasteiger partial charge in [-0.1, -0.05) is 29.7 Å². The van der Waals surface area contributed by atoms with Gasteiger partial charge in [0.2, 0.25) is 5.91 Å². The van der Waals surface area contributed by atoms with Gasteiger partial charge in [-0.25, -0.2) is 0 Å². The van der Waals surface area contributed by atoms with E-state index in [9.17, 15) is 4.79 Å². The number of nitrogens with zero attached hydrogens (tertiary/aromatic N) is 6. The molecule has 1 fully saturated rings. The number of rotatable bonds is 3. The molecule has 1 aliphatic heterocycles. The molecule has 4 rings (SSSR count). The molecule has 0 unspecified atom stereocenters. The Labute approximate surface area is 146 Å². The van der Waals surface area contributed by atoms with Crippen LogP contribution in [0.25, 0.3) is 5.65 Å². The van der Waals surface area contributed by atoms with Gasteiger partial charge in [-0.15, -0.1) is 15.3 Å². The van der Waals surface area contributed by atoms with Crippen molar-refractivity contribution in [3.63, 3.8) is 0 Å². The Morgan fingerprint density at radius 2 is 1.96 bits per heavy atom. The quantitative estimate of drug-likeness (QED) is 0.622. The number of hydrogen-bond acceptors (Lipinski definition) is 5. The number of piperazine rings is 1. The predicted molar refractivity (Wildman–Crippen MR) is 95.1 cm³/mol. The summed E-state index contributed by atoms with van der Waals surface area (Å²) >= 11 is 0. The number of amides is 1. The molecular weight excluding hydrogens is 315 g/mol. The summed E-state index contributed by atoms with van der Waals surface area (Å²) in [6.45, 7) is 2.87. The highest BCUT2D eigenvalue weighted by Gasteiger charge is 2.22. The van der Waals surface area contributed by atoms with Crippen LogP contribution in [0.2, 0.25) is 0 Å². The molecule has 8 heteroatoms. The standard InChI is InChI=1S/C17H17BN6O/c18-14-3-1-2-13(10-14)11-17(25)23-8-6-22(7-9-23)16-5-4-15-20-19-12-24(15)21-16/h1-5,10,12H,6-9,11H2. The van der Waals surface area contributed by atoms with E-state index in [0.29, 0.717) is 25.0 Å². The molecule has 3 aromatic rings. The molecule has 0 N–H and O–H groups in total. The first kappa shape index (κ1) is 15.6. The molecule has 2 aromatic heterocycles. The average Bonchev–Trinajstić information content (AvgIpc) is 3.09. The van der Waals surface area contributed by atoms with Gasteiger partial charge in [0.25, 0.3) is 0 Å². The molecule has 0 saturated carbocycles. The molecule has 0 spiro atoms. The van der Waals surface area contributed by atoms with Crippen molar-refractivity contribution in [2.75, 3.05) is 31.1 Å². The minimum atomic E-state index is 0.132. The average molecular weight is 332 g/mol. The summed E-state index contributed by atoms with van der Waals surface area (Å²) in [5.74, 6) is 1.00. The minimum absolute atomic E-state index is 0.132. The van der Waals surface area contributed by atoms with Crippen molar-refractivity contribution in [2.45, 2.75) is 6.42 Å². The Hall–Kier alpha value is -2.90. The first-order chi connectivity index (χ1) is 12.2. The fourth-order valence-corrected chi connectivity index (χ4v) is 3.06. The maximum Gasteiger partial charge on any atom is 0.227 e. The van der Waals surface area contributed by atoms with Gasteiger partial charge in [0.15, 0.2) is 5.65 Å². The summed E-state index contributed by atoms with van der Waals surface area (Å²) in [5.41, 5.74) is 2.36. The molecule has 2 radical (unpaired) electrons. The van der Waals surface area contributed by atoms with E-state index in [1.807, 2.05) is 41.3 Å². The maximum atomic E-state index is 12.5. The number of fused-ring (bicyclic) bond motifs is 1. The molecule has 0 aliphatic carbocycles. The zero-order valence-corrected chi connectivity index (χ0v) is 13.7. The minimum Gasteiger partial charge on any atom is -0.352 e. The van der Waals surface area contributed by atoms with E-state index in [1.165, 1.54) is 0 Å². The Bertz CT molecular complexity index is 903. The van der Waals surface area contributed by atoms with Gasteiger partial charge in [-0.3, -0.25) is 4.79 Å². The molecule has 25 heavy (non-hydrogen) atoms. The monoisotopic (exact) mass is 332 g/mol. The molecule has 1 saturated heterocycles. The van der Waals surface area contributed by atoms with E-state index in [1.54, 1.807) is 10.8 Å². The van der Waals surface area contributed by atoms with Gasteiger partial charge in [-0.05, 0) is 17.7 Å². The predicted octanol–water partition coefficient (Wildman–Crippen LogP) is -0.191. The van der Waals surface area contributed by atoms with Crippen LogP contribution < -0.4 is 10.4 Å². The number of carbonyl (C=O) groups is 1. The van der Waals surface area contributed by atoms with Crippen molar-refractivity contribution in [2.24, 2.45) is 0 Å². The fourth-order valence-electron chi connectivity index (χ4n) is 3.06. The van der Waals surface area contributed by atoms with Crippen LogP contribution in [0.5, 0.6) is 0 Å². The highest BCUT2D eigenvalue weighted by Crippen LogP contribution is 2.14. The van der Waals surface area contributed by atoms with Gasteiger partial charge in [0.05, 0.1) is 6.42 Å². The summed E-state index contributed by atoms with van der Waals surface area (Å²) < 4.78 is 1.66. The third-order valence-corrected chi connectivity index (χ3v) is 4.41. The number of anilines is 1. The van der Waals surface area contributed by atoms with Crippen molar-refractivity contribution >= 4 is 30.7 Å². The second kappa shape index (κ2) is 6.54. The molecule has 1 aliphatic rings. The van der Waals surface area contributed by atoms with Gasteiger partial charge in [0.1, 0.15) is 20.0 Å². The van der Waals surface area contributed by atoms with Gasteiger partial charge in [-0.2, -0.15) is 4.52 Å². The summed E-state index contributed by atoms with van der Waals surface area (Å²) in [7, 11) is 5.78. The van der Waals surface area contributed by atoms with Crippen LogP contribution in [0.4, 0.5) is 5.82 Å². The first-order valence-electron chi connectivity index (χ1n) is 8.23. The third kappa shape index (κ3) is 3.33. The van der Waals surface area contributed by atoms with Crippen LogP contribution in [-0.2, 0) is 11.2 Å². The van der Waals surface area contributed by atoms with Crippen LogP contribution in [0.1, 0.15) is 5.56 Å². The van der Waals surface area contributed by atoms with E-state index < -0.39 is 0 Å². The zero-order chi connectivity index (χ0) is 17.2. The number of hydrogen-bond donors (Lipinski definition) is 0. The summed E-state index contributed by atoms with van der Waals surface area (Å²) in [6.07, 6.45) is 1.97. The lowest BCUT2D eigenvalue weighted by Crippen LogP contribution is -2.49.